The first kappa shape index (κ1) is 13.2. The zero-order chi connectivity index (χ0) is 12.8. The topological polar surface area (TPSA) is 50.8 Å². The summed E-state index contributed by atoms with van der Waals surface area (Å²) in [6.07, 6.45) is 0.853. The van der Waals surface area contributed by atoms with Crippen molar-refractivity contribution in [2.75, 3.05) is 32.8 Å². The molecule has 2 rings (SSSR count). The molecule has 18 heavy (non-hydrogen) atoms. The zero-order valence-electron chi connectivity index (χ0n) is 10.3. The minimum atomic E-state index is 0.611. The van der Waals surface area contributed by atoms with Crippen LogP contribution < -0.4 is 5.73 Å². The molecular weight excluding hydrogens is 250 g/mol. The molecule has 0 aliphatic carbocycles. The third kappa shape index (κ3) is 3.89. The first-order valence-corrected chi connectivity index (χ1v) is 6.50. The van der Waals surface area contributed by atoms with E-state index in [0.29, 0.717) is 12.5 Å². The van der Waals surface area contributed by atoms with E-state index in [1.54, 1.807) is 0 Å². The Morgan fingerprint density at radius 2 is 2.17 bits per heavy atom. The second-order valence-electron chi connectivity index (χ2n) is 4.22. The van der Waals surface area contributed by atoms with Crippen molar-refractivity contribution in [2.45, 2.75) is 6.42 Å². The summed E-state index contributed by atoms with van der Waals surface area (Å²) in [6.45, 7) is 3.79. The van der Waals surface area contributed by atoms with Gasteiger partial charge in [0.1, 0.15) is 0 Å². The molecule has 1 aliphatic heterocycles. The van der Waals surface area contributed by atoms with Gasteiger partial charge in [-0.15, -0.1) is 0 Å². The molecule has 1 heterocycles. The van der Waals surface area contributed by atoms with Crippen LogP contribution >= 0.6 is 11.6 Å². The molecule has 0 bridgehead atoms. The number of nitrogens with zero attached hydrogens (tertiary/aromatic N) is 2. The average molecular weight is 268 g/mol. The van der Waals surface area contributed by atoms with Crippen molar-refractivity contribution < 1.29 is 4.74 Å². The van der Waals surface area contributed by atoms with Crippen molar-refractivity contribution in [3.63, 3.8) is 0 Å². The molecule has 5 heteroatoms. The third-order valence-electron chi connectivity index (χ3n) is 2.90. The molecule has 4 nitrogen and oxygen atoms in total. The maximum absolute atomic E-state index is 5.94. The Morgan fingerprint density at radius 3 is 2.89 bits per heavy atom. The van der Waals surface area contributed by atoms with Gasteiger partial charge in [-0.1, -0.05) is 23.7 Å². The molecule has 1 aromatic rings. The van der Waals surface area contributed by atoms with E-state index in [0.717, 1.165) is 37.7 Å². The number of halogens is 1. The lowest BCUT2D eigenvalue weighted by Gasteiger charge is -2.27. The highest BCUT2D eigenvalue weighted by molar-refractivity contribution is 6.30. The summed E-state index contributed by atoms with van der Waals surface area (Å²) in [7, 11) is 0. The van der Waals surface area contributed by atoms with Crippen molar-refractivity contribution in [3.8, 4) is 0 Å². The molecule has 0 spiro atoms. The summed E-state index contributed by atoms with van der Waals surface area (Å²) in [5.74, 6) is 0.611. The van der Waals surface area contributed by atoms with E-state index in [9.17, 15) is 0 Å². The molecule has 98 valence electrons. The monoisotopic (exact) mass is 267 g/mol. The number of benzene rings is 1. The Bertz CT molecular complexity index is 416. The van der Waals surface area contributed by atoms with E-state index >= 15 is 0 Å². The van der Waals surface area contributed by atoms with E-state index in [4.69, 9.17) is 22.1 Å². The molecule has 0 atom stereocenters. The molecule has 0 radical (unpaired) electrons. The lowest BCUT2D eigenvalue weighted by atomic mass is 10.1. The molecule has 0 unspecified atom stereocenters. The predicted octanol–water partition coefficient (Wildman–Crippen LogP) is 1.53. The highest BCUT2D eigenvalue weighted by Crippen LogP contribution is 2.11. The van der Waals surface area contributed by atoms with Crippen LogP contribution in [-0.4, -0.2) is 43.7 Å². The fourth-order valence-electron chi connectivity index (χ4n) is 1.88. The van der Waals surface area contributed by atoms with Gasteiger partial charge in [-0.25, -0.2) is 0 Å². The quantitative estimate of drug-likeness (QED) is 0.668. The Morgan fingerprint density at radius 1 is 1.39 bits per heavy atom. The summed E-state index contributed by atoms with van der Waals surface area (Å²) < 4.78 is 5.27. The first-order chi connectivity index (χ1) is 8.75. The fraction of sp³-hybridized carbons (Fsp3) is 0.462. The largest absolute Gasteiger partial charge is 0.378 e. The van der Waals surface area contributed by atoms with E-state index in [2.05, 4.69) is 9.89 Å². The van der Waals surface area contributed by atoms with Crippen LogP contribution in [0.1, 0.15) is 5.56 Å². The number of hydrogen-bond donors (Lipinski definition) is 1. The van der Waals surface area contributed by atoms with Gasteiger partial charge in [-0.05, 0) is 24.1 Å². The second kappa shape index (κ2) is 6.61. The first-order valence-electron chi connectivity index (χ1n) is 6.13. The summed E-state index contributed by atoms with van der Waals surface area (Å²) in [4.78, 5) is 6.45. The number of rotatable bonds is 3. The minimum absolute atomic E-state index is 0.611. The van der Waals surface area contributed by atoms with Crippen molar-refractivity contribution in [1.29, 1.82) is 0 Å². The lowest BCUT2D eigenvalue weighted by Crippen LogP contribution is -2.44. The molecule has 0 amide bonds. The molecule has 0 aromatic heterocycles. The highest BCUT2D eigenvalue weighted by atomic mass is 35.5. The lowest BCUT2D eigenvalue weighted by molar-refractivity contribution is 0.0674. The number of nitrogens with two attached hydrogens (primary N) is 1. The third-order valence-corrected chi connectivity index (χ3v) is 3.13. The van der Waals surface area contributed by atoms with Crippen LogP contribution in [0.25, 0.3) is 0 Å². The van der Waals surface area contributed by atoms with Gasteiger partial charge in [0.2, 0.25) is 0 Å². The number of ether oxygens (including phenoxy) is 1. The van der Waals surface area contributed by atoms with Crippen LogP contribution in [0.5, 0.6) is 0 Å². The highest BCUT2D eigenvalue weighted by Gasteiger charge is 2.11. The summed E-state index contributed by atoms with van der Waals surface area (Å²) in [5, 5.41) is 0.762. The average Bonchev–Trinajstić information content (AvgIpc) is 2.40. The van der Waals surface area contributed by atoms with Gasteiger partial charge >= 0.3 is 0 Å². The van der Waals surface area contributed by atoms with E-state index in [1.807, 2.05) is 24.3 Å². The summed E-state index contributed by atoms with van der Waals surface area (Å²) in [6, 6.07) is 7.83. The van der Waals surface area contributed by atoms with Crippen molar-refractivity contribution in [1.82, 2.24) is 4.90 Å². The van der Waals surface area contributed by atoms with E-state index in [-0.39, 0.29) is 0 Å². The molecule has 2 N–H and O–H groups in total. The van der Waals surface area contributed by atoms with Gasteiger partial charge in [0.05, 0.1) is 13.2 Å². The van der Waals surface area contributed by atoms with Crippen LogP contribution in [0.4, 0.5) is 0 Å². The van der Waals surface area contributed by atoms with Crippen LogP contribution in [0.2, 0.25) is 5.02 Å². The Balaban J connectivity index is 1.83. The Kier molecular flexibility index (Phi) is 4.84. The standard InChI is InChI=1S/C13H18ClN3O/c14-12-3-1-2-11(10-12)4-5-16-13(15)17-6-8-18-9-7-17/h1-3,10H,4-9H2,(H2,15,16). The SMILES string of the molecule is NC(=NCCc1cccc(Cl)c1)N1CCOCC1. The van der Waals surface area contributed by atoms with E-state index < -0.39 is 0 Å². The number of aliphatic imine (C=N–C) groups is 1. The van der Waals surface area contributed by atoms with Crippen LogP contribution in [0.3, 0.4) is 0 Å². The van der Waals surface area contributed by atoms with Gasteiger partial charge < -0.3 is 15.4 Å². The normalized spacial score (nSPS) is 16.9. The Labute approximate surface area is 112 Å². The van der Waals surface area contributed by atoms with Gasteiger partial charge in [0.25, 0.3) is 0 Å². The maximum Gasteiger partial charge on any atom is 0.191 e. The fourth-order valence-corrected chi connectivity index (χ4v) is 2.10. The molecule has 1 saturated heterocycles. The molecule has 1 fully saturated rings. The molecule has 1 aliphatic rings. The summed E-state index contributed by atoms with van der Waals surface area (Å²) >= 11 is 5.93. The van der Waals surface area contributed by atoms with Crippen LogP contribution in [0, 0.1) is 0 Å². The smallest absolute Gasteiger partial charge is 0.191 e. The minimum Gasteiger partial charge on any atom is -0.378 e. The number of hydrogen-bond acceptors (Lipinski definition) is 2. The van der Waals surface area contributed by atoms with Crippen LogP contribution in [-0.2, 0) is 11.2 Å². The summed E-state index contributed by atoms with van der Waals surface area (Å²) in [5.41, 5.74) is 7.12. The number of morpholine rings is 1. The van der Waals surface area contributed by atoms with E-state index in [1.165, 1.54) is 5.56 Å². The van der Waals surface area contributed by atoms with Gasteiger partial charge in [-0.2, -0.15) is 0 Å². The van der Waals surface area contributed by atoms with Crippen molar-refractivity contribution in [3.05, 3.63) is 34.9 Å². The van der Waals surface area contributed by atoms with Gasteiger partial charge in [0.15, 0.2) is 5.96 Å². The van der Waals surface area contributed by atoms with Gasteiger partial charge in [0, 0.05) is 24.7 Å². The van der Waals surface area contributed by atoms with Crippen LogP contribution in [0.15, 0.2) is 29.3 Å². The molecular formula is C13H18ClN3O. The van der Waals surface area contributed by atoms with Crippen molar-refractivity contribution >= 4 is 17.6 Å². The van der Waals surface area contributed by atoms with Gasteiger partial charge in [-0.3, -0.25) is 4.99 Å². The molecule has 1 aromatic carbocycles. The maximum atomic E-state index is 5.94. The molecule has 0 saturated carbocycles. The Hall–Kier alpha value is -1.26. The second-order valence-corrected chi connectivity index (χ2v) is 4.66. The zero-order valence-corrected chi connectivity index (χ0v) is 11.1. The number of guanidine groups is 1. The predicted molar refractivity (Wildman–Crippen MR) is 74.0 cm³/mol. The van der Waals surface area contributed by atoms with Crippen molar-refractivity contribution in [2.24, 2.45) is 10.7 Å².